The Morgan fingerprint density at radius 1 is 0.971 bits per heavy atom. The van der Waals surface area contributed by atoms with E-state index in [-0.39, 0.29) is 27.8 Å². The molecule has 2 aromatic carbocycles. The second-order valence-corrected chi connectivity index (χ2v) is 12.3. The smallest absolute Gasteiger partial charge is 0.256 e. The van der Waals surface area contributed by atoms with Gasteiger partial charge in [-0.1, -0.05) is 0 Å². The van der Waals surface area contributed by atoms with Crippen LogP contribution < -0.4 is 5.32 Å². The van der Waals surface area contributed by atoms with Crippen LogP contribution in [0.4, 0.5) is 10.2 Å². The zero-order valence-corrected chi connectivity index (χ0v) is 19.6. The van der Waals surface area contributed by atoms with E-state index in [1.54, 1.807) is 0 Å². The number of hydrogen-bond acceptors (Lipinski definition) is 6. The zero-order valence-electron chi connectivity index (χ0n) is 17.9. The summed E-state index contributed by atoms with van der Waals surface area (Å²) in [6, 6.07) is 11.0. The molecule has 0 spiro atoms. The first-order valence-corrected chi connectivity index (χ1v) is 13.9. The van der Waals surface area contributed by atoms with Crippen LogP contribution in [0.2, 0.25) is 0 Å². The van der Waals surface area contributed by atoms with Crippen molar-refractivity contribution in [3.63, 3.8) is 0 Å². The molecule has 3 aromatic rings. The molecule has 0 bridgehead atoms. The molecule has 12 heteroatoms. The van der Waals surface area contributed by atoms with Crippen molar-refractivity contribution >= 4 is 31.6 Å². The Bertz CT molecular complexity index is 1480. The van der Waals surface area contributed by atoms with Gasteiger partial charge in [-0.15, -0.1) is 0 Å². The van der Waals surface area contributed by atoms with Crippen LogP contribution in [0.15, 0.2) is 53.4 Å². The number of benzene rings is 2. The number of sulfone groups is 1. The van der Waals surface area contributed by atoms with Crippen LogP contribution in [-0.4, -0.2) is 49.9 Å². The van der Waals surface area contributed by atoms with Crippen molar-refractivity contribution < 1.29 is 26.0 Å². The van der Waals surface area contributed by atoms with Crippen LogP contribution >= 0.6 is 0 Å². The number of aromatic nitrogens is 2. The predicted octanol–water partition coefficient (Wildman–Crippen LogP) is 2.48. The lowest BCUT2D eigenvalue weighted by molar-refractivity contribution is 0.102. The SMILES string of the molecule is O=C(Nc1c2c(nn1-c1ccc(F)cc1)CS(=O)(=O)C2)c1ccc(S(=O)(=O)N2CCCC2)cc1. The molecule has 1 fully saturated rings. The highest BCUT2D eigenvalue weighted by Crippen LogP contribution is 2.33. The first kappa shape index (κ1) is 22.7. The number of anilines is 1. The molecule has 1 aromatic heterocycles. The Kier molecular flexibility index (Phi) is 5.53. The molecule has 0 radical (unpaired) electrons. The van der Waals surface area contributed by atoms with Gasteiger partial charge in [-0.25, -0.2) is 25.9 Å². The minimum Gasteiger partial charge on any atom is -0.306 e. The molecule has 9 nitrogen and oxygen atoms in total. The molecule has 0 saturated carbocycles. The zero-order chi connectivity index (χ0) is 24.1. The van der Waals surface area contributed by atoms with Crippen LogP contribution in [0.5, 0.6) is 0 Å². The summed E-state index contributed by atoms with van der Waals surface area (Å²) in [5, 5.41) is 7.05. The first-order chi connectivity index (χ1) is 16.1. The molecule has 1 amide bonds. The molecule has 2 aliphatic heterocycles. The fraction of sp³-hybridized carbons (Fsp3) is 0.273. The van der Waals surface area contributed by atoms with Gasteiger partial charge in [0.05, 0.1) is 27.8 Å². The third-order valence-corrected chi connectivity index (χ3v) is 9.26. The van der Waals surface area contributed by atoms with Gasteiger partial charge in [-0.3, -0.25) is 4.79 Å². The number of sulfonamides is 1. The highest BCUT2D eigenvalue weighted by atomic mass is 32.2. The highest BCUT2D eigenvalue weighted by Gasteiger charge is 2.33. The molecule has 0 atom stereocenters. The van der Waals surface area contributed by atoms with Crippen molar-refractivity contribution in [2.75, 3.05) is 18.4 Å². The van der Waals surface area contributed by atoms with E-state index in [2.05, 4.69) is 10.4 Å². The van der Waals surface area contributed by atoms with Crippen LogP contribution in [0, 0.1) is 5.82 Å². The largest absolute Gasteiger partial charge is 0.306 e. The van der Waals surface area contributed by atoms with E-state index in [9.17, 15) is 26.0 Å². The Morgan fingerprint density at radius 3 is 2.26 bits per heavy atom. The number of hydrogen-bond donors (Lipinski definition) is 1. The normalized spacial score (nSPS) is 17.6. The monoisotopic (exact) mass is 504 g/mol. The second-order valence-electron chi connectivity index (χ2n) is 8.28. The Morgan fingerprint density at radius 2 is 1.62 bits per heavy atom. The van der Waals surface area contributed by atoms with Gasteiger partial charge in [0, 0.05) is 24.2 Å². The quantitative estimate of drug-likeness (QED) is 0.570. The molecule has 2 aliphatic rings. The Balaban J connectivity index is 1.45. The van der Waals surface area contributed by atoms with Crippen LogP contribution in [0.3, 0.4) is 0 Å². The number of amides is 1. The van der Waals surface area contributed by atoms with Crippen molar-refractivity contribution in [2.45, 2.75) is 29.2 Å². The van der Waals surface area contributed by atoms with Gasteiger partial charge >= 0.3 is 0 Å². The predicted molar refractivity (Wildman–Crippen MR) is 122 cm³/mol. The molecule has 34 heavy (non-hydrogen) atoms. The van der Waals surface area contributed by atoms with E-state index in [1.807, 2.05) is 0 Å². The lowest BCUT2D eigenvalue weighted by atomic mass is 10.2. The fourth-order valence-electron chi connectivity index (χ4n) is 4.18. The molecular formula is C22H21FN4O5S2. The second kappa shape index (κ2) is 8.29. The molecule has 178 valence electrons. The fourth-order valence-corrected chi connectivity index (χ4v) is 7.19. The van der Waals surface area contributed by atoms with Gasteiger partial charge in [-0.05, 0) is 61.4 Å². The van der Waals surface area contributed by atoms with Gasteiger partial charge in [0.25, 0.3) is 5.91 Å². The molecular weight excluding hydrogens is 483 g/mol. The summed E-state index contributed by atoms with van der Waals surface area (Å²) in [6.07, 6.45) is 1.64. The van der Waals surface area contributed by atoms with Crippen molar-refractivity contribution in [1.82, 2.24) is 14.1 Å². The molecule has 0 unspecified atom stereocenters. The average molecular weight is 505 g/mol. The molecule has 5 rings (SSSR count). The minimum absolute atomic E-state index is 0.106. The van der Waals surface area contributed by atoms with E-state index < -0.39 is 31.6 Å². The lowest BCUT2D eigenvalue weighted by Gasteiger charge is -2.15. The third-order valence-electron chi connectivity index (χ3n) is 5.91. The number of halogens is 1. The van der Waals surface area contributed by atoms with Gasteiger partial charge in [0.2, 0.25) is 10.0 Å². The van der Waals surface area contributed by atoms with Crippen molar-refractivity contribution in [2.24, 2.45) is 0 Å². The van der Waals surface area contributed by atoms with E-state index in [0.717, 1.165) is 12.8 Å². The summed E-state index contributed by atoms with van der Waals surface area (Å²) in [6.45, 7) is 0.956. The van der Waals surface area contributed by atoms with Crippen molar-refractivity contribution in [3.05, 3.63) is 71.2 Å². The Labute approximate surface area is 196 Å². The van der Waals surface area contributed by atoms with Crippen molar-refractivity contribution in [3.8, 4) is 5.69 Å². The number of carbonyl (C=O) groups excluding carboxylic acids is 1. The third kappa shape index (κ3) is 4.12. The number of fused-ring (bicyclic) bond motifs is 1. The highest BCUT2D eigenvalue weighted by molar-refractivity contribution is 7.90. The molecule has 0 aliphatic carbocycles. The van der Waals surface area contributed by atoms with E-state index in [4.69, 9.17) is 0 Å². The first-order valence-electron chi connectivity index (χ1n) is 10.6. The molecule has 1 saturated heterocycles. The summed E-state index contributed by atoms with van der Waals surface area (Å²) in [4.78, 5) is 13.1. The van der Waals surface area contributed by atoms with Crippen LogP contribution in [-0.2, 0) is 31.4 Å². The number of nitrogens with one attached hydrogen (secondary N) is 1. The number of carbonyl (C=O) groups is 1. The average Bonchev–Trinajstić information content (AvgIpc) is 3.51. The number of nitrogens with zero attached hydrogens (tertiary/aromatic N) is 3. The standard InChI is InChI=1S/C22H21FN4O5S2/c23-16-5-7-17(8-6-16)27-21(19-13-33(29,30)14-20(19)25-27)24-22(28)15-3-9-18(10-4-15)34(31,32)26-11-1-2-12-26/h3-10H,1-2,11-14H2,(H,24,28). The van der Waals surface area contributed by atoms with E-state index in [0.29, 0.717) is 30.0 Å². The van der Waals surface area contributed by atoms with Crippen LogP contribution in [0.1, 0.15) is 34.5 Å². The maximum absolute atomic E-state index is 13.4. The van der Waals surface area contributed by atoms with Gasteiger partial charge in [-0.2, -0.15) is 9.40 Å². The minimum atomic E-state index is -3.61. The van der Waals surface area contributed by atoms with Gasteiger partial charge in [0.15, 0.2) is 9.84 Å². The summed E-state index contributed by atoms with van der Waals surface area (Å²) in [7, 11) is -6.99. The summed E-state index contributed by atoms with van der Waals surface area (Å²) >= 11 is 0. The maximum Gasteiger partial charge on any atom is 0.256 e. The number of rotatable bonds is 5. The van der Waals surface area contributed by atoms with Gasteiger partial charge < -0.3 is 5.32 Å². The molecule has 3 heterocycles. The maximum atomic E-state index is 13.4. The molecule has 1 N–H and O–H groups in total. The summed E-state index contributed by atoms with van der Waals surface area (Å²) in [5.41, 5.74) is 1.36. The van der Waals surface area contributed by atoms with Crippen LogP contribution in [0.25, 0.3) is 5.69 Å². The van der Waals surface area contributed by atoms with Crippen molar-refractivity contribution in [1.29, 1.82) is 0 Å². The topological polar surface area (TPSA) is 118 Å². The Hall–Kier alpha value is -3.09. The van der Waals surface area contributed by atoms with E-state index in [1.165, 1.54) is 57.5 Å². The van der Waals surface area contributed by atoms with Gasteiger partial charge in [0.1, 0.15) is 11.6 Å². The van der Waals surface area contributed by atoms with E-state index >= 15 is 0 Å². The lowest BCUT2D eigenvalue weighted by Crippen LogP contribution is -2.27. The summed E-state index contributed by atoms with van der Waals surface area (Å²) < 4.78 is 65.9. The summed E-state index contributed by atoms with van der Waals surface area (Å²) in [5.74, 6) is -1.34.